The maximum Gasteiger partial charge on any atom is 0.162 e. The van der Waals surface area contributed by atoms with Crippen LogP contribution in [0.5, 0.6) is 5.75 Å². The molecule has 1 N–H and O–H groups in total. The van der Waals surface area contributed by atoms with Crippen LogP contribution in [-0.4, -0.2) is 21.6 Å². The van der Waals surface area contributed by atoms with Gasteiger partial charge in [0.25, 0.3) is 0 Å². The van der Waals surface area contributed by atoms with Crippen LogP contribution in [0.25, 0.3) is 44.5 Å². The second kappa shape index (κ2) is 9.14. The van der Waals surface area contributed by atoms with Gasteiger partial charge in [0.1, 0.15) is 17.6 Å². The summed E-state index contributed by atoms with van der Waals surface area (Å²) in [4.78, 5) is 9.62. The van der Waals surface area contributed by atoms with Gasteiger partial charge in [-0.2, -0.15) is 5.26 Å². The summed E-state index contributed by atoms with van der Waals surface area (Å²) in [5, 5.41) is 15.3. The van der Waals surface area contributed by atoms with Gasteiger partial charge in [0.2, 0.25) is 0 Å². The van der Waals surface area contributed by atoms with Crippen molar-refractivity contribution in [2.45, 2.75) is 0 Å². The fourth-order valence-electron chi connectivity index (χ4n) is 4.73. The molecule has 0 unspecified atom stereocenters. The second-order valence-corrected chi connectivity index (χ2v) is 8.76. The molecule has 6 nitrogen and oxygen atoms in total. The molecule has 0 radical (unpaired) electrons. The quantitative estimate of drug-likeness (QED) is 0.278. The molecule has 0 spiro atoms. The van der Waals surface area contributed by atoms with Gasteiger partial charge in [-0.15, -0.1) is 0 Å². The second-order valence-electron chi connectivity index (χ2n) is 8.76. The molecule has 0 aliphatic heterocycles. The van der Waals surface area contributed by atoms with E-state index in [1.54, 1.807) is 7.11 Å². The van der Waals surface area contributed by atoms with E-state index in [0.29, 0.717) is 11.4 Å². The standard InChI is InChI=1S/C31H23N5O.H2/c1-36-28-18-23(37-2)16-17-24(28)26(19-32)29(36)20-12-14-22(15-13-20)33-31-25-10-6-7-11-27(25)34-30(35-31)21-8-4-3-5-9-21;/h3-18H,1-2H3,(H,33,34,35);1H. The van der Waals surface area contributed by atoms with Crippen molar-refractivity contribution in [1.29, 1.82) is 5.26 Å². The number of para-hydroxylation sites is 1. The summed E-state index contributed by atoms with van der Waals surface area (Å²) in [6.45, 7) is 0. The number of nitriles is 1. The molecule has 6 rings (SSSR count). The predicted molar refractivity (Wildman–Crippen MR) is 150 cm³/mol. The zero-order chi connectivity index (χ0) is 25.4. The monoisotopic (exact) mass is 483 g/mol. The fraction of sp³-hybridized carbons (Fsp3) is 0.0645. The fourth-order valence-corrected chi connectivity index (χ4v) is 4.73. The number of aryl methyl sites for hydroxylation is 1. The van der Waals surface area contributed by atoms with E-state index in [-0.39, 0.29) is 1.43 Å². The summed E-state index contributed by atoms with van der Waals surface area (Å²) < 4.78 is 7.43. The lowest BCUT2D eigenvalue weighted by Gasteiger charge is -2.12. The molecule has 180 valence electrons. The van der Waals surface area contributed by atoms with Crippen molar-refractivity contribution in [2.24, 2.45) is 7.05 Å². The third kappa shape index (κ3) is 3.93. The molecule has 0 bridgehead atoms. The molecule has 2 aromatic heterocycles. The van der Waals surface area contributed by atoms with E-state index in [2.05, 4.69) is 11.4 Å². The maximum atomic E-state index is 9.97. The van der Waals surface area contributed by atoms with Crippen molar-refractivity contribution >= 4 is 33.3 Å². The predicted octanol–water partition coefficient (Wildman–Crippen LogP) is 7.33. The van der Waals surface area contributed by atoms with Crippen LogP contribution in [0, 0.1) is 11.3 Å². The normalized spacial score (nSPS) is 10.9. The molecule has 6 heteroatoms. The summed E-state index contributed by atoms with van der Waals surface area (Å²) in [5.74, 6) is 2.17. The van der Waals surface area contributed by atoms with E-state index in [1.165, 1.54) is 0 Å². The Morgan fingerprint density at radius 2 is 1.59 bits per heavy atom. The molecule has 0 atom stereocenters. The number of benzene rings is 4. The largest absolute Gasteiger partial charge is 0.497 e. The Kier molecular flexibility index (Phi) is 5.51. The van der Waals surface area contributed by atoms with Gasteiger partial charge in [0, 0.05) is 36.6 Å². The molecular formula is C31H25N5O. The minimum Gasteiger partial charge on any atom is -0.497 e. The minimum atomic E-state index is 0. The minimum absolute atomic E-state index is 0. The van der Waals surface area contributed by atoms with Gasteiger partial charge in [-0.25, -0.2) is 9.97 Å². The van der Waals surface area contributed by atoms with Crippen molar-refractivity contribution in [3.05, 3.63) is 103 Å². The van der Waals surface area contributed by atoms with Crippen LogP contribution in [0.4, 0.5) is 11.5 Å². The van der Waals surface area contributed by atoms with Crippen molar-refractivity contribution in [2.75, 3.05) is 12.4 Å². The molecule has 0 aliphatic rings. The molecule has 0 fully saturated rings. The van der Waals surface area contributed by atoms with Crippen LogP contribution in [0.3, 0.4) is 0 Å². The Balaban J connectivity index is 0.00000294. The molecule has 0 aliphatic carbocycles. The van der Waals surface area contributed by atoms with Crippen molar-refractivity contribution in [3.8, 4) is 34.5 Å². The Morgan fingerprint density at radius 1 is 0.838 bits per heavy atom. The van der Waals surface area contributed by atoms with E-state index in [4.69, 9.17) is 14.7 Å². The summed E-state index contributed by atoms with van der Waals surface area (Å²) in [6.07, 6.45) is 0. The van der Waals surface area contributed by atoms with Crippen molar-refractivity contribution < 1.29 is 6.16 Å². The number of rotatable bonds is 5. The van der Waals surface area contributed by atoms with Crippen LogP contribution < -0.4 is 10.1 Å². The smallest absolute Gasteiger partial charge is 0.162 e. The van der Waals surface area contributed by atoms with Gasteiger partial charge in [0.15, 0.2) is 5.82 Å². The molecule has 0 saturated heterocycles. The van der Waals surface area contributed by atoms with Crippen LogP contribution >= 0.6 is 0 Å². The van der Waals surface area contributed by atoms with Gasteiger partial charge < -0.3 is 14.6 Å². The number of ether oxygens (including phenoxy) is 1. The lowest BCUT2D eigenvalue weighted by atomic mass is 10.1. The number of hydrogen-bond donors (Lipinski definition) is 1. The Hall–Kier alpha value is -5.15. The van der Waals surface area contributed by atoms with Crippen molar-refractivity contribution in [1.82, 2.24) is 14.5 Å². The third-order valence-electron chi connectivity index (χ3n) is 6.58. The SMILES string of the molecule is COc1ccc2c(C#N)c(-c3ccc(Nc4nc(-c5ccccc5)nc5ccccc45)cc3)n(C)c2c1.[HH]. The number of nitrogens with one attached hydrogen (secondary N) is 1. The molecule has 4 aromatic carbocycles. The average molecular weight is 484 g/mol. The molecule has 6 aromatic rings. The van der Waals surface area contributed by atoms with E-state index in [0.717, 1.165) is 55.9 Å². The molecule has 0 saturated carbocycles. The average Bonchev–Trinajstić information content (AvgIpc) is 3.24. The van der Waals surface area contributed by atoms with Crippen LogP contribution in [0.1, 0.15) is 6.99 Å². The van der Waals surface area contributed by atoms with Crippen LogP contribution in [0.2, 0.25) is 0 Å². The van der Waals surface area contributed by atoms with Gasteiger partial charge in [0.05, 0.1) is 29.4 Å². The molecule has 37 heavy (non-hydrogen) atoms. The first-order chi connectivity index (χ1) is 18.2. The number of hydrogen-bond acceptors (Lipinski definition) is 5. The van der Waals surface area contributed by atoms with Crippen LogP contribution in [-0.2, 0) is 7.05 Å². The lowest BCUT2D eigenvalue weighted by Crippen LogP contribution is -1.99. The summed E-state index contributed by atoms with van der Waals surface area (Å²) in [7, 11) is 3.62. The van der Waals surface area contributed by atoms with Crippen molar-refractivity contribution in [3.63, 3.8) is 0 Å². The van der Waals surface area contributed by atoms with E-state index in [9.17, 15) is 5.26 Å². The first-order valence-corrected chi connectivity index (χ1v) is 11.9. The Morgan fingerprint density at radius 3 is 2.35 bits per heavy atom. The first-order valence-electron chi connectivity index (χ1n) is 11.9. The summed E-state index contributed by atoms with van der Waals surface area (Å²) >= 11 is 0. The summed E-state index contributed by atoms with van der Waals surface area (Å²) in [6, 6.07) is 34.2. The zero-order valence-electron chi connectivity index (χ0n) is 20.4. The zero-order valence-corrected chi connectivity index (χ0v) is 20.4. The number of methoxy groups -OCH3 is 1. The topological polar surface area (TPSA) is 75.8 Å². The highest BCUT2D eigenvalue weighted by Gasteiger charge is 2.17. The van der Waals surface area contributed by atoms with Gasteiger partial charge in [-0.05, 0) is 42.0 Å². The van der Waals surface area contributed by atoms with E-state index in [1.807, 2.05) is 109 Å². The Labute approximate surface area is 215 Å². The highest BCUT2D eigenvalue weighted by atomic mass is 16.5. The maximum absolute atomic E-state index is 9.97. The third-order valence-corrected chi connectivity index (χ3v) is 6.58. The van der Waals surface area contributed by atoms with E-state index >= 15 is 0 Å². The van der Waals surface area contributed by atoms with Crippen LogP contribution in [0.15, 0.2) is 97.1 Å². The highest BCUT2D eigenvalue weighted by Crippen LogP contribution is 2.35. The Bertz CT molecular complexity index is 1810. The van der Waals surface area contributed by atoms with Gasteiger partial charge in [-0.1, -0.05) is 54.6 Å². The highest BCUT2D eigenvalue weighted by molar-refractivity contribution is 5.96. The number of anilines is 2. The first kappa shape index (κ1) is 22.3. The lowest BCUT2D eigenvalue weighted by molar-refractivity contribution is 0.415. The molecule has 0 amide bonds. The van der Waals surface area contributed by atoms with Gasteiger partial charge >= 0.3 is 0 Å². The molecule has 2 heterocycles. The number of fused-ring (bicyclic) bond motifs is 2. The van der Waals surface area contributed by atoms with E-state index < -0.39 is 0 Å². The number of nitrogens with zero attached hydrogens (tertiary/aromatic N) is 4. The number of aromatic nitrogens is 3. The molecular weight excluding hydrogens is 458 g/mol. The summed E-state index contributed by atoms with van der Waals surface area (Å²) in [5.41, 5.74) is 6.16. The van der Waals surface area contributed by atoms with Gasteiger partial charge in [-0.3, -0.25) is 0 Å².